The maximum atomic E-state index is 11.9. The Morgan fingerprint density at radius 2 is 2.28 bits per heavy atom. The molecule has 0 unspecified atom stereocenters. The van der Waals surface area contributed by atoms with Gasteiger partial charge in [-0.05, 0) is 17.9 Å². The van der Waals surface area contributed by atoms with Crippen LogP contribution in [-0.4, -0.2) is 24.2 Å². The number of aliphatic hydroxyl groups is 1. The van der Waals surface area contributed by atoms with Gasteiger partial charge in [-0.2, -0.15) is 0 Å². The molecule has 0 aliphatic rings. The van der Waals surface area contributed by atoms with E-state index in [0.29, 0.717) is 17.0 Å². The van der Waals surface area contributed by atoms with Crippen LogP contribution in [0.4, 0.5) is 0 Å². The number of amides is 1. The third-order valence-corrected chi connectivity index (χ3v) is 3.40. The van der Waals surface area contributed by atoms with Gasteiger partial charge in [0, 0.05) is 12.1 Å². The number of rotatable bonds is 6. The molecule has 1 amide bonds. The van der Waals surface area contributed by atoms with Crippen molar-refractivity contribution in [2.75, 3.05) is 13.2 Å². The fraction of sp³-hybridized carbons (Fsp3) is 0.500. The molecular weight excluding hydrogens is 246 g/mol. The summed E-state index contributed by atoms with van der Waals surface area (Å²) in [6, 6.07) is 1.80. The lowest BCUT2D eigenvalue weighted by atomic mass is 10.2. The first-order valence-electron chi connectivity index (χ1n) is 6.25. The molecule has 0 atom stereocenters. The molecule has 4 heteroatoms. The highest BCUT2D eigenvalue weighted by Crippen LogP contribution is 2.15. The molecule has 1 aromatic rings. The maximum absolute atomic E-state index is 11.9. The Hall–Kier alpha value is -1.31. The average molecular weight is 265 g/mol. The normalized spacial score (nSPS) is 9.67. The summed E-state index contributed by atoms with van der Waals surface area (Å²) in [7, 11) is 0. The summed E-state index contributed by atoms with van der Waals surface area (Å²) in [6.45, 7) is 2.69. The number of nitrogens with one attached hydrogen (secondary N) is 1. The van der Waals surface area contributed by atoms with Crippen LogP contribution in [0.3, 0.4) is 0 Å². The number of carbonyl (C=O) groups is 1. The molecule has 1 rings (SSSR count). The third kappa shape index (κ3) is 4.91. The summed E-state index contributed by atoms with van der Waals surface area (Å²) < 4.78 is 0. The lowest BCUT2D eigenvalue weighted by molar-refractivity contribution is 0.0957. The molecule has 1 heterocycles. The zero-order valence-corrected chi connectivity index (χ0v) is 11.5. The van der Waals surface area contributed by atoms with Crippen LogP contribution in [0.5, 0.6) is 0 Å². The van der Waals surface area contributed by atoms with E-state index in [1.165, 1.54) is 24.2 Å². The second-order valence-corrected chi connectivity index (χ2v) is 4.86. The molecule has 0 spiro atoms. The Morgan fingerprint density at radius 3 is 3.00 bits per heavy atom. The second-order valence-electron chi connectivity index (χ2n) is 3.94. The number of thiophene rings is 1. The first-order chi connectivity index (χ1) is 8.79. The van der Waals surface area contributed by atoms with Gasteiger partial charge in [-0.15, -0.1) is 11.3 Å². The van der Waals surface area contributed by atoms with Crippen LogP contribution in [-0.2, 0) is 0 Å². The predicted molar refractivity (Wildman–Crippen MR) is 74.8 cm³/mol. The van der Waals surface area contributed by atoms with E-state index < -0.39 is 0 Å². The molecule has 2 N–H and O–H groups in total. The molecule has 18 heavy (non-hydrogen) atoms. The molecule has 0 radical (unpaired) electrons. The molecule has 0 aliphatic carbocycles. The van der Waals surface area contributed by atoms with Gasteiger partial charge in [0.15, 0.2) is 0 Å². The maximum Gasteiger partial charge on any atom is 0.262 e. The zero-order chi connectivity index (χ0) is 13.2. The summed E-state index contributed by atoms with van der Waals surface area (Å²) in [6.07, 6.45) is 4.57. The SMILES string of the molecule is CCCCCCNC(=O)c1sccc1C#CCO. The summed E-state index contributed by atoms with van der Waals surface area (Å²) in [5, 5.41) is 13.4. The van der Waals surface area contributed by atoms with Gasteiger partial charge in [-0.1, -0.05) is 38.0 Å². The van der Waals surface area contributed by atoms with E-state index in [9.17, 15) is 4.79 Å². The van der Waals surface area contributed by atoms with Crippen LogP contribution in [0.15, 0.2) is 11.4 Å². The Balaban J connectivity index is 2.44. The van der Waals surface area contributed by atoms with Crippen molar-refractivity contribution in [2.45, 2.75) is 32.6 Å². The van der Waals surface area contributed by atoms with Gasteiger partial charge in [-0.25, -0.2) is 0 Å². The first kappa shape index (κ1) is 14.7. The van der Waals surface area contributed by atoms with Crippen molar-refractivity contribution in [1.29, 1.82) is 0 Å². The van der Waals surface area contributed by atoms with E-state index in [1.54, 1.807) is 6.07 Å². The largest absolute Gasteiger partial charge is 0.384 e. The van der Waals surface area contributed by atoms with Crippen LogP contribution in [0.1, 0.15) is 47.8 Å². The average Bonchev–Trinajstić information content (AvgIpc) is 2.84. The Kier molecular flexibility index (Phi) is 7.16. The molecule has 0 saturated carbocycles. The van der Waals surface area contributed by atoms with Crippen molar-refractivity contribution in [3.8, 4) is 11.8 Å². The summed E-state index contributed by atoms with van der Waals surface area (Å²) >= 11 is 1.38. The van der Waals surface area contributed by atoms with Crippen LogP contribution in [0.25, 0.3) is 0 Å². The second kappa shape index (κ2) is 8.73. The smallest absolute Gasteiger partial charge is 0.262 e. The van der Waals surface area contributed by atoms with Crippen molar-refractivity contribution < 1.29 is 9.90 Å². The van der Waals surface area contributed by atoms with Gasteiger partial charge in [-0.3, -0.25) is 4.79 Å². The monoisotopic (exact) mass is 265 g/mol. The van der Waals surface area contributed by atoms with Crippen molar-refractivity contribution in [3.63, 3.8) is 0 Å². The summed E-state index contributed by atoms with van der Waals surface area (Å²) in [5.74, 6) is 5.28. The Labute approximate surface area is 112 Å². The highest BCUT2D eigenvalue weighted by atomic mass is 32.1. The minimum absolute atomic E-state index is 0.0660. The van der Waals surface area contributed by atoms with Crippen LogP contribution in [0, 0.1) is 11.8 Å². The molecular formula is C14H19NO2S. The summed E-state index contributed by atoms with van der Waals surface area (Å²) in [5.41, 5.74) is 0.695. The molecule has 0 fully saturated rings. The predicted octanol–water partition coefficient (Wildman–Crippen LogP) is 2.40. The first-order valence-corrected chi connectivity index (χ1v) is 7.13. The van der Waals surface area contributed by atoms with E-state index in [1.807, 2.05) is 5.38 Å². The molecule has 0 bridgehead atoms. The molecule has 3 nitrogen and oxygen atoms in total. The molecule has 1 aromatic heterocycles. The highest BCUT2D eigenvalue weighted by Gasteiger charge is 2.10. The number of hydrogen-bond acceptors (Lipinski definition) is 3. The Morgan fingerprint density at radius 1 is 1.44 bits per heavy atom. The minimum atomic E-state index is -0.187. The van der Waals surface area contributed by atoms with Crippen LogP contribution in [0.2, 0.25) is 0 Å². The van der Waals surface area contributed by atoms with Gasteiger partial charge < -0.3 is 10.4 Å². The van der Waals surface area contributed by atoms with Crippen molar-refractivity contribution in [2.24, 2.45) is 0 Å². The van der Waals surface area contributed by atoms with E-state index in [-0.39, 0.29) is 12.5 Å². The van der Waals surface area contributed by atoms with E-state index in [0.717, 1.165) is 12.8 Å². The Bertz CT molecular complexity index is 428. The quantitative estimate of drug-likeness (QED) is 0.613. The molecule has 0 saturated heterocycles. The van der Waals surface area contributed by atoms with E-state index in [2.05, 4.69) is 24.1 Å². The topological polar surface area (TPSA) is 49.3 Å². The van der Waals surface area contributed by atoms with E-state index >= 15 is 0 Å². The molecule has 0 aromatic carbocycles. The fourth-order valence-electron chi connectivity index (χ4n) is 1.55. The van der Waals surface area contributed by atoms with Crippen molar-refractivity contribution >= 4 is 17.2 Å². The lowest BCUT2D eigenvalue weighted by Crippen LogP contribution is -2.24. The lowest BCUT2D eigenvalue weighted by Gasteiger charge is -2.03. The van der Waals surface area contributed by atoms with Crippen molar-refractivity contribution in [3.05, 3.63) is 21.9 Å². The third-order valence-electron chi connectivity index (χ3n) is 2.49. The number of unbranched alkanes of at least 4 members (excludes halogenated alkanes) is 3. The van der Waals surface area contributed by atoms with Gasteiger partial charge in [0.2, 0.25) is 0 Å². The van der Waals surface area contributed by atoms with Crippen LogP contribution < -0.4 is 5.32 Å². The minimum Gasteiger partial charge on any atom is -0.384 e. The van der Waals surface area contributed by atoms with Gasteiger partial charge in [0.1, 0.15) is 11.5 Å². The number of aliphatic hydroxyl groups excluding tert-OH is 1. The molecule has 0 aliphatic heterocycles. The van der Waals surface area contributed by atoms with Gasteiger partial charge >= 0.3 is 0 Å². The van der Waals surface area contributed by atoms with Crippen LogP contribution >= 0.6 is 11.3 Å². The van der Waals surface area contributed by atoms with E-state index in [4.69, 9.17) is 5.11 Å². The number of hydrogen-bond donors (Lipinski definition) is 2. The standard InChI is InChI=1S/C14H19NO2S/c1-2-3-4-5-9-15-14(17)13-12(7-6-10-16)8-11-18-13/h8,11,16H,2-5,9-10H2,1H3,(H,15,17). The zero-order valence-electron chi connectivity index (χ0n) is 10.7. The van der Waals surface area contributed by atoms with Gasteiger partial charge in [0.05, 0.1) is 0 Å². The number of carbonyl (C=O) groups excluding carboxylic acids is 1. The highest BCUT2D eigenvalue weighted by molar-refractivity contribution is 7.12. The molecule has 98 valence electrons. The fourth-order valence-corrected chi connectivity index (χ4v) is 2.32. The van der Waals surface area contributed by atoms with Gasteiger partial charge in [0.25, 0.3) is 5.91 Å². The van der Waals surface area contributed by atoms with Crippen molar-refractivity contribution in [1.82, 2.24) is 5.32 Å². The summed E-state index contributed by atoms with van der Waals surface area (Å²) in [4.78, 5) is 12.5.